The van der Waals surface area contributed by atoms with Gasteiger partial charge in [0, 0.05) is 6.61 Å². The lowest BCUT2D eigenvalue weighted by Gasteiger charge is -2.13. The standard InChI is InChI=1S/C14H23NO4S/c1-4-5-8-18-9-10-19-13-6-7-14(20(15,16)17)12(3)11(13)2/h6-7H,4-5,8-10H2,1-3H3,(H2,15,16,17). The van der Waals surface area contributed by atoms with Gasteiger partial charge in [-0.25, -0.2) is 13.6 Å². The molecule has 0 aromatic heterocycles. The Morgan fingerprint density at radius 2 is 1.80 bits per heavy atom. The summed E-state index contributed by atoms with van der Waals surface area (Å²) >= 11 is 0. The van der Waals surface area contributed by atoms with Gasteiger partial charge in [0.15, 0.2) is 0 Å². The molecule has 2 N–H and O–H groups in total. The first-order chi connectivity index (χ1) is 9.38. The minimum atomic E-state index is -3.69. The summed E-state index contributed by atoms with van der Waals surface area (Å²) in [4.78, 5) is 0.140. The minimum Gasteiger partial charge on any atom is -0.491 e. The second-order valence-electron chi connectivity index (χ2n) is 4.67. The number of nitrogens with two attached hydrogens (primary N) is 1. The first-order valence-electron chi connectivity index (χ1n) is 6.71. The molecule has 0 aliphatic rings. The second-order valence-corrected chi connectivity index (χ2v) is 6.20. The minimum absolute atomic E-state index is 0.140. The van der Waals surface area contributed by atoms with Crippen LogP contribution in [0.15, 0.2) is 17.0 Å². The summed E-state index contributed by atoms with van der Waals surface area (Å²) in [5, 5.41) is 5.16. The molecular weight excluding hydrogens is 278 g/mol. The first-order valence-corrected chi connectivity index (χ1v) is 8.26. The van der Waals surface area contributed by atoms with Crippen LogP contribution in [-0.4, -0.2) is 28.2 Å². The molecule has 20 heavy (non-hydrogen) atoms. The van der Waals surface area contributed by atoms with E-state index < -0.39 is 10.0 Å². The topological polar surface area (TPSA) is 78.6 Å². The van der Waals surface area contributed by atoms with E-state index in [4.69, 9.17) is 14.6 Å². The van der Waals surface area contributed by atoms with Gasteiger partial charge in [-0.1, -0.05) is 13.3 Å². The molecule has 1 rings (SSSR count). The van der Waals surface area contributed by atoms with Crippen LogP contribution in [0.1, 0.15) is 30.9 Å². The van der Waals surface area contributed by atoms with Crippen LogP contribution < -0.4 is 9.88 Å². The van der Waals surface area contributed by atoms with Gasteiger partial charge < -0.3 is 9.47 Å². The number of sulfonamides is 1. The lowest BCUT2D eigenvalue weighted by atomic mass is 10.1. The largest absolute Gasteiger partial charge is 0.491 e. The van der Waals surface area contributed by atoms with Gasteiger partial charge in [-0.2, -0.15) is 0 Å². The first kappa shape index (κ1) is 16.9. The Morgan fingerprint density at radius 1 is 1.10 bits per heavy atom. The quantitative estimate of drug-likeness (QED) is 0.746. The average molecular weight is 301 g/mol. The monoisotopic (exact) mass is 301 g/mol. The molecule has 5 nitrogen and oxygen atoms in total. The molecule has 0 saturated carbocycles. The molecule has 0 bridgehead atoms. The number of ether oxygens (including phenoxy) is 2. The van der Waals surface area contributed by atoms with Crippen molar-refractivity contribution in [2.45, 2.75) is 38.5 Å². The van der Waals surface area contributed by atoms with Gasteiger partial charge in [-0.05, 0) is 43.5 Å². The van der Waals surface area contributed by atoms with Gasteiger partial charge >= 0.3 is 0 Å². The fraction of sp³-hybridized carbons (Fsp3) is 0.571. The molecule has 0 radical (unpaired) electrons. The maximum Gasteiger partial charge on any atom is 0.238 e. The van der Waals surface area contributed by atoms with Crippen molar-refractivity contribution in [3.63, 3.8) is 0 Å². The lowest BCUT2D eigenvalue weighted by molar-refractivity contribution is 0.0978. The average Bonchev–Trinajstić information content (AvgIpc) is 2.37. The van der Waals surface area contributed by atoms with Crippen LogP contribution in [0.2, 0.25) is 0 Å². The highest BCUT2D eigenvalue weighted by molar-refractivity contribution is 7.89. The zero-order chi connectivity index (χ0) is 15.2. The van der Waals surface area contributed by atoms with E-state index in [1.807, 2.05) is 6.92 Å². The smallest absolute Gasteiger partial charge is 0.238 e. The van der Waals surface area contributed by atoms with Crippen molar-refractivity contribution < 1.29 is 17.9 Å². The molecule has 0 saturated heterocycles. The van der Waals surface area contributed by atoms with Crippen molar-refractivity contribution in [2.24, 2.45) is 5.14 Å². The van der Waals surface area contributed by atoms with Crippen LogP contribution in [0.5, 0.6) is 5.75 Å². The van der Waals surface area contributed by atoms with Crippen molar-refractivity contribution in [1.82, 2.24) is 0 Å². The molecule has 0 atom stereocenters. The van der Waals surface area contributed by atoms with Crippen LogP contribution in [0.4, 0.5) is 0 Å². The van der Waals surface area contributed by atoms with Gasteiger partial charge in [-0.15, -0.1) is 0 Å². The number of benzene rings is 1. The maximum atomic E-state index is 11.4. The molecule has 114 valence electrons. The van der Waals surface area contributed by atoms with Crippen molar-refractivity contribution in [2.75, 3.05) is 19.8 Å². The number of unbranched alkanes of at least 4 members (excludes halogenated alkanes) is 1. The second kappa shape index (κ2) is 7.61. The summed E-state index contributed by atoms with van der Waals surface area (Å²) in [6, 6.07) is 3.11. The number of primary sulfonamides is 1. The van der Waals surface area contributed by atoms with Gasteiger partial charge in [0.25, 0.3) is 0 Å². The van der Waals surface area contributed by atoms with E-state index >= 15 is 0 Å². The van der Waals surface area contributed by atoms with E-state index in [9.17, 15) is 8.42 Å². The van der Waals surface area contributed by atoms with Gasteiger partial charge in [0.1, 0.15) is 12.4 Å². The summed E-state index contributed by atoms with van der Waals surface area (Å²) in [6.07, 6.45) is 2.15. The number of rotatable bonds is 8. The van der Waals surface area contributed by atoms with E-state index in [2.05, 4.69) is 6.92 Å². The van der Waals surface area contributed by atoms with Crippen LogP contribution in [-0.2, 0) is 14.8 Å². The van der Waals surface area contributed by atoms with Crippen LogP contribution in [0.25, 0.3) is 0 Å². The van der Waals surface area contributed by atoms with Crippen LogP contribution in [0, 0.1) is 13.8 Å². The predicted molar refractivity (Wildman–Crippen MR) is 78.5 cm³/mol. The van der Waals surface area contributed by atoms with E-state index in [1.54, 1.807) is 13.0 Å². The molecule has 0 spiro atoms. The van der Waals surface area contributed by atoms with E-state index in [0.717, 1.165) is 25.0 Å². The summed E-state index contributed by atoms with van der Waals surface area (Å²) in [7, 11) is -3.69. The lowest BCUT2D eigenvalue weighted by Crippen LogP contribution is -2.15. The Hall–Kier alpha value is -1.11. The molecule has 0 aliphatic carbocycles. The Labute approximate surface area is 121 Å². The van der Waals surface area contributed by atoms with Gasteiger partial charge in [-0.3, -0.25) is 0 Å². The third-order valence-electron chi connectivity index (χ3n) is 3.12. The SMILES string of the molecule is CCCCOCCOc1ccc(S(N)(=O)=O)c(C)c1C. The molecule has 1 aromatic carbocycles. The molecule has 1 aromatic rings. The molecule has 0 heterocycles. The predicted octanol–water partition coefficient (Wildman–Crippen LogP) is 2.15. The number of hydrogen-bond acceptors (Lipinski definition) is 4. The molecule has 0 aliphatic heterocycles. The van der Waals surface area contributed by atoms with Crippen LogP contribution in [0.3, 0.4) is 0 Å². The van der Waals surface area contributed by atoms with Crippen molar-refractivity contribution in [1.29, 1.82) is 0 Å². The fourth-order valence-corrected chi connectivity index (χ4v) is 2.63. The van der Waals surface area contributed by atoms with Gasteiger partial charge in [0.05, 0.1) is 11.5 Å². The number of hydrogen-bond donors (Lipinski definition) is 1. The molecule has 6 heteroatoms. The highest BCUT2D eigenvalue weighted by Crippen LogP contribution is 2.26. The highest BCUT2D eigenvalue weighted by atomic mass is 32.2. The van der Waals surface area contributed by atoms with Crippen molar-refractivity contribution in [3.05, 3.63) is 23.3 Å². The fourth-order valence-electron chi connectivity index (χ4n) is 1.79. The van der Waals surface area contributed by atoms with E-state index in [0.29, 0.717) is 24.5 Å². The molecular formula is C14H23NO4S. The third-order valence-corrected chi connectivity index (χ3v) is 4.18. The summed E-state index contributed by atoms with van der Waals surface area (Å²) < 4.78 is 33.8. The zero-order valence-corrected chi connectivity index (χ0v) is 13.1. The highest BCUT2D eigenvalue weighted by Gasteiger charge is 2.15. The van der Waals surface area contributed by atoms with E-state index in [1.165, 1.54) is 6.07 Å². The summed E-state index contributed by atoms with van der Waals surface area (Å²) in [6.45, 7) is 7.35. The Bertz CT molecular complexity index is 540. The Balaban J connectivity index is 2.63. The van der Waals surface area contributed by atoms with Crippen molar-refractivity contribution in [3.8, 4) is 5.75 Å². The third kappa shape index (κ3) is 4.77. The maximum absolute atomic E-state index is 11.4. The summed E-state index contributed by atoms with van der Waals surface area (Å²) in [5.74, 6) is 0.661. The summed E-state index contributed by atoms with van der Waals surface area (Å²) in [5.41, 5.74) is 1.40. The Kier molecular flexibility index (Phi) is 6.45. The van der Waals surface area contributed by atoms with Crippen molar-refractivity contribution >= 4 is 10.0 Å². The normalized spacial score (nSPS) is 11.6. The molecule has 0 unspecified atom stereocenters. The van der Waals surface area contributed by atoms with Gasteiger partial charge in [0.2, 0.25) is 10.0 Å². The zero-order valence-electron chi connectivity index (χ0n) is 12.3. The molecule has 0 fully saturated rings. The van der Waals surface area contributed by atoms with E-state index in [-0.39, 0.29) is 4.90 Å². The van der Waals surface area contributed by atoms with Crippen LogP contribution >= 0.6 is 0 Å². The molecule has 0 amide bonds. The Morgan fingerprint density at radius 3 is 2.40 bits per heavy atom.